The fourth-order valence-corrected chi connectivity index (χ4v) is 3.45. The highest BCUT2D eigenvalue weighted by Gasteiger charge is 2.23. The van der Waals surface area contributed by atoms with Crippen molar-refractivity contribution in [3.8, 4) is 11.5 Å². The molecule has 0 saturated carbocycles. The van der Waals surface area contributed by atoms with Gasteiger partial charge in [-0.3, -0.25) is 4.79 Å². The van der Waals surface area contributed by atoms with Crippen molar-refractivity contribution in [1.29, 1.82) is 0 Å². The second kappa shape index (κ2) is 9.25. The zero-order valence-electron chi connectivity index (χ0n) is 17.3. The molecule has 0 heterocycles. The molecule has 0 aromatic heterocycles. The second-order valence-electron chi connectivity index (χ2n) is 6.94. The first-order valence-electron chi connectivity index (χ1n) is 9.04. The van der Waals surface area contributed by atoms with Gasteiger partial charge in [-0.15, -0.1) is 0 Å². The first kappa shape index (κ1) is 22.7. The summed E-state index contributed by atoms with van der Waals surface area (Å²) in [6.07, 6.45) is 0. The van der Waals surface area contributed by atoms with E-state index in [1.54, 1.807) is 20.3 Å². The smallest absolute Gasteiger partial charge is 0.282 e. The van der Waals surface area contributed by atoms with Gasteiger partial charge in [0.2, 0.25) is 10.0 Å². The highest BCUT2D eigenvalue weighted by Crippen LogP contribution is 2.29. The van der Waals surface area contributed by atoms with Crippen molar-refractivity contribution in [2.75, 3.05) is 26.6 Å². The maximum atomic E-state index is 12.7. The summed E-state index contributed by atoms with van der Waals surface area (Å²) in [5.41, 5.74) is 2.45. The summed E-state index contributed by atoms with van der Waals surface area (Å²) in [4.78, 5) is 13.6. The molecule has 2 aromatic rings. The Morgan fingerprint density at radius 1 is 1.17 bits per heavy atom. The van der Waals surface area contributed by atoms with Crippen LogP contribution >= 0.6 is 0 Å². The third-order valence-corrected chi connectivity index (χ3v) is 5.78. The monoisotopic (exact) mass is 422 g/mol. The number of aryl methyl sites for hydroxylation is 1. The summed E-state index contributed by atoms with van der Waals surface area (Å²) in [5, 5.41) is 7.90. The van der Waals surface area contributed by atoms with Gasteiger partial charge in [0.05, 0.1) is 26.2 Å². The minimum absolute atomic E-state index is 0.0513. The van der Waals surface area contributed by atoms with Gasteiger partial charge >= 0.3 is 0 Å². The van der Waals surface area contributed by atoms with Crippen LogP contribution in [0.3, 0.4) is 0 Å². The van der Waals surface area contributed by atoms with Gasteiger partial charge in [0.15, 0.2) is 17.5 Å². The van der Waals surface area contributed by atoms with Gasteiger partial charge in [0.25, 0.3) is 5.91 Å². The van der Waals surface area contributed by atoms with E-state index in [1.807, 2.05) is 33.0 Å². The number of ether oxygens (including phenoxy) is 2. The SMILES string of the molecule is COc1cc(C)c(C[NH+](C)[C@H](C)C(=O)Nc2cccc(S(N)(=O)=O)c2)cc1OC. The molecule has 0 spiro atoms. The van der Waals surface area contributed by atoms with E-state index in [1.165, 1.54) is 18.2 Å². The third kappa shape index (κ3) is 5.69. The fourth-order valence-electron chi connectivity index (χ4n) is 2.89. The molecule has 29 heavy (non-hydrogen) atoms. The molecule has 8 nitrogen and oxygen atoms in total. The van der Waals surface area contributed by atoms with Gasteiger partial charge in [-0.25, -0.2) is 13.6 Å². The molecule has 2 rings (SSSR count). The number of carbonyl (C=O) groups excluding carboxylic acids is 1. The molecular formula is C20H28N3O5S+. The van der Waals surface area contributed by atoms with E-state index in [4.69, 9.17) is 14.6 Å². The minimum Gasteiger partial charge on any atom is -0.493 e. The number of sulfonamides is 1. The minimum atomic E-state index is -3.83. The Balaban J connectivity index is 2.12. The zero-order chi connectivity index (χ0) is 21.8. The lowest BCUT2D eigenvalue weighted by Crippen LogP contribution is -3.12. The molecule has 0 aliphatic heterocycles. The van der Waals surface area contributed by atoms with Crippen molar-refractivity contribution in [3.63, 3.8) is 0 Å². The first-order chi connectivity index (χ1) is 13.6. The number of benzene rings is 2. The predicted molar refractivity (Wildman–Crippen MR) is 111 cm³/mol. The van der Waals surface area contributed by atoms with Crippen LogP contribution in [-0.2, 0) is 21.4 Å². The Bertz CT molecular complexity index is 992. The first-order valence-corrected chi connectivity index (χ1v) is 10.6. The van der Waals surface area contributed by atoms with Gasteiger partial charge in [0, 0.05) is 11.3 Å². The van der Waals surface area contributed by atoms with E-state index in [0.29, 0.717) is 23.7 Å². The molecule has 0 radical (unpaired) electrons. The molecule has 2 atom stereocenters. The molecule has 0 saturated heterocycles. The van der Waals surface area contributed by atoms with Gasteiger partial charge in [-0.05, 0) is 49.7 Å². The van der Waals surface area contributed by atoms with Crippen LogP contribution in [0.4, 0.5) is 5.69 Å². The van der Waals surface area contributed by atoms with Crippen LogP contribution in [0, 0.1) is 6.92 Å². The summed E-state index contributed by atoms with van der Waals surface area (Å²) in [7, 11) is 1.26. The largest absolute Gasteiger partial charge is 0.493 e. The van der Waals surface area contributed by atoms with Crippen molar-refractivity contribution in [2.45, 2.75) is 31.3 Å². The molecule has 0 fully saturated rings. The van der Waals surface area contributed by atoms with Crippen molar-refractivity contribution in [3.05, 3.63) is 47.5 Å². The molecule has 2 aromatic carbocycles. The Kier molecular flexibility index (Phi) is 7.23. The standard InChI is InChI=1S/C20H27N3O5S/c1-13-9-18(27-4)19(28-5)10-15(13)12-23(3)14(2)20(24)22-16-7-6-8-17(11-16)29(21,25)26/h6-11,14H,12H2,1-5H3,(H,22,24)(H2,21,25,26)/p+1/t14-/m1/s1. The molecular weight excluding hydrogens is 394 g/mol. The molecule has 0 aliphatic carbocycles. The Morgan fingerprint density at radius 2 is 1.79 bits per heavy atom. The van der Waals surface area contributed by atoms with Gasteiger partial charge in [-0.1, -0.05) is 6.07 Å². The number of nitrogens with two attached hydrogens (primary N) is 1. The Morgan fingerprint density at radius 3 is 2.38 bits per heavy atom. The molecule has 4 N–H and O–H groups in total. The quantitative estimate of drug-likeness (QED) is 0.580. The topological polar surface area (TPSA) is 112 Å². The van der Waals surface area contributed by atoms with Crippen molar-refractivity contribution in [2.24, 2.45) is 5.14 Å². The summed E-state index contributed by atoms with van der Waals surface area (Å²) >= 11 is 0. The summed E-state index contributed by atoms with van der Waals surface area (Å²) in [6.45, 7) is 4.39. The summed E-state index contributed by atoms with van der Waals surface area (Å²) in [6, 6.07) is 9.31. The number of amides is 1. The average molecular weight is 423 g/mol. The molecule has 0 aliphatic rings. The lowest BCUT2D eigenvalue weighted by molar-refractivity contribution is -0.907. The number of hydrogen-bond acceptors (Lipinski definition) is 5. The van der Waals surface area contributed by atoms with Crippen molar-refractivity contribution < 1.29 is 27.6 Å². The van der Waals surface area contributed by atoms with Crippen LogP contribution in [0.1, 0.15) is 18.1 Å². The molecule has 1 unspecified atom stereocenters. The van der Waals surface area contributed by atoms with Gasteiger partial charge < -0.3 is 19.7 Å². The summed E-state index contributed by atoms with van der Waals surface area (Å²) in [5.74, 6) is 1.07. The summed E-state index contributed by atoms with van der Waals surface area (Å²) < 4.78 is 33.7. The number of anilines is 1. The second-order valence-corrected chi connectivity index (χ2v) is 8.50. The molecule has 158 valence electrons. The average Bonchev–Trinajstić information content (AvgIpc) is 2.67. The number of likely N-dealkylation sites (N-methyl/N-ethyl adjacent to an activating group) is 1. The van der Waals surface area contributed by atoms with Crippen LogP contribution in [0.5, 0.6) is 11.5 Å². The van der Waals surface area contributed by atoms with Crippen molar-refractivity contribution >= 4 is 21.6 Å². The van der Waals surface area contributed by atoms with Gasteiger partial charge in [0.1, 0.15) is 6.54 Å². The number of methoxy groups -OCH3 is 2. The maximum Gasteiger partial charge on any atom is 0.282 e. The van der Waals surface area contributed by atoms with Crippen LogP contribution < -0.4 is 24.8 Å². The number of carbonyl (C=O) groups is 1. The van der Waals surface area contributed by atoms with E-state index in [-0.39, 0.29) is 16.8 Å². The van der Waals surface area contributed by atoms with E-state index in [2.05, 4.69) is 5.32 Å². The van der Waals surface area contributed by atoms with E-state index in [9.17, 15) is 13.2 Å². The highest BCUT2D eigenvalue weighted by molar-refractivity contribution is 7.89. The number of quaternary nitrogens is 1. The lowest BCUT2D eigenvalue weighted by atomic mass is 10.1. The third-order valence-electron chi connectivity index (χ3n) is 4.87. The number of primary sulfonamides is 1. The van der Waals surface area contributed by atoms with E-state index >= 15 is 0 Å². The van der Waals surface area contributed by atoms with Crippen LogP contribution in [0.25, 0.3) is 0 Å². The molecule has 1 amide bonds. The zero-order valence-corrected chi connectivity index (χ0v) is 18.1. The Labute approximate surface area is 171 Å². The number of nitrogens with one attached hydrogen (secondary N) is 2. The number of hydrogen-bond donors (Lipinski definition) is 3. The van der Waals surface area contributed by atoms with Gasteiger partial charge in [-0.2, -0.15) is 0 Å². The normalized spacial score (nSPS) is 13.4. The van der Waals surface area contributed by atoms with Crippen LogP contribution in [-0.4, -0.2) is 41.6 Å². The molecule has 0 bridgehead atoms. The van der Waals surface area contributed by atoms with Crippen LogP contribution in [0.15, 0.2) is 41.3 Å². The maximum absolute atomic E-state index is 12.7. The highest BCUT2D eigenvalue weighted by atomic mass is 32.2. The number of rotatable bonds is 8. The lowest BCUT2D eigenvalue weighted by Gasteiger charge is -2.22. The predicted octanol–water partition coefficient (Wildman–Crippen LogP) is 0.702. The van der Waals surface area contributed by atoms with E-state index in [0.717, 1.165) is 16.0 Å². The fraction of sp³-hybridized carbons (Fsp3) is 0.350. The van der Waals surface area contributed by atoms with E-state index < -0.39 is 10.0 Å². The molecule has 9 heteroatoms. The van der Waals surface area contributed by atoms with Crippen LogP contribution in [0.2, 0.25) is 0 Å². The van der Waals surface area contributed by atoms with Crippen molar-refractivity contribution in [1.82, 2.24) is 0 Å². The Hall–Kier alpha value is -2.62.